The first-order chi connectivity index (χ1) is 24.2. The lowest BCUT2D eigenvalue weighted by Gasteiger charge is -2.26. The normalized spacial score (nSPS) is 29.1. The minimum atomic E-state index is 0.244. The molecule has 2 saturated heterocycles. The maximum absolute atomic E-state index is 8.38. The number of rotatable bonds is 0. The summed E-state index contributed by atoms with van der Waals surface area (Å²) in [5, 5.41) is 8.38. The Kier molecular flexibility index (Phi) is 17.9. The van der Waals surface area contributed by atoms with Gasteiger partial charge in [0.25, 0.3) is 0 Å². The van der Waals surface area contributed by atoms with Crippen molar-refractivity contribution in [3.8, 4) is 0 Å². The Bertz CT molecular complexity index is 1140. The number of hydrogen-bond donors (Lipinski definition) is 2. The lowest BCUT2D eigenvalue weighted by atomic mass is 10.1. The number of nitrogens with one attached hydrogen (secondary N) is 1. The van der Waals surface area contributed by atoms with Crippen LogP contribution in [0.3, 0.4) is 0 Å². The summed E-state index contributed by atoms with van der Waals surface area (Å²) in [6.07, 6.45) is 0. The minimum absolute atomic E-state index is 0.244. The molecule has 0 amide bonds. The summed E-state index contributed by atoms with van der Waals surface area (Å²) in [7, 11) is 0. The molecule has 7 heterocycles. The van der Waals surface area contributed by atoms with E-state index in [1.165, 1.54) is 9.79 Å². The third-order valence-corrected chi connectivity index (χ3v) is 11.3. The third-order valence-electron chi connectivity index (χ3n) is 9.07. The molecule has 276 valence electrons. The fourth-order valence-electron chi connectivity index (χ4n) is 6.01. The average Bonchev–Trinajstić information content (AvgIpc) is 3.36. The molecule has 49 heavy (non-hydrogen) atoms. The highest BCUT2D eigenvalue weighted by Gasteiger charge is 2.22. The van der Waals surface area contributed by atoms with Crippen LogP contribution in [0.2, 0.25) is 0 Å². The highest BCUT2D eigenvalue weighted by atomic mass is 32.2. The van der Waals surface area contributed by atoms with Crippen LogP contribution in [0.25, 0.3) is 0 Å². The number of amidine groups is 2. The van der Waals surface area contributed by atoms with Gasteiger partial charge in [0, 0.05) is 111 Å². The molecule has 0 spiro atoms. The molecule has 1 aromatic carbocycles. The summed E-state index contributed by atoms with van der Waals surface area (Å²) >= 11 is 3.69. The Labute approximate surface area is 301 Å². The van der Waals surface area contributed by atoms with Gasteiger partial charge in [-0.2, -0.15) is 0 Å². The fraction of sp³-hybridized carbons (Fsp3) is 0.765. The average molecular weight is 724 g/mol. The van der Waals surface area contributed by atoms with Crippen LogP contribution < -0.4 is 5.73 Å². The van der Waals surface area contributed by atoms with Gasteiger partial charge < -0.3 is 34.2 Å². The van der Waals surface area contributed by atoms with E-state index < -0.39 is 0 Å². The molecule has 4 bridgehead atoms. The topological polar surface area (TPSA) is 131 Å². The second-order valence-corrected chi connectivity index (χ2v) is 14.7. The van der Waals surface area contributed by atoms with Crippen LogP contribution in [0, 0.1) is 5.41 Å². The number of benzene rings is 1. The predicted molar refractivity (Wildman–Crippen MR) is 196 cm³/mol. The lowest BCUT2D eigenvalue weighted by Crippen LogP contribution is -2.38. The molecule has 7 aliphatic rings. The Hall–Kier alpha value is -1.34. The van der Waals surface area contributed by atoms with Crippen LogP contribution in [0.4, 0.5) is 0 Å². The zero-order valence-electron chi connectivity index (χ0n) is 29.1. The van der Waals surface area contributed by atoms with E-state index in [1.54, 1.807) is 0 Å². The van der Waals surface area contributed by atoms with Crippen molar-refractivity contribution < 1.29 is 28.4 Å². The quantitative estimate of drug-likeness (QED) is 0.399. The van der Waals surface area contributed by atoms with Crippen LogP contribution in [-0.2, 0) is 28.4 Å². The van der Waals surface area contributed by atoms with Crippen LogP contribution in [-0.4, -0.2) is 201 Å². The summed E-state index contributed by atoms with van der Waals surface area (Å²) in [4.78, 5) is 16.2. The summed E-state index contributed by atoms with van der Waals surface area (Å²) in [6, 6.07) is 4.25. The molecule has 0 atom stereocenters. The molecule has 0 aliphatic carbocycles. The van der Waals surface area contributed by atoms with E-state index in [0.717, 1.165) is 101 Å². The Morgan fingerprint density at radius 2 is 0.776 bits per heavy atom. The number of thioether (sulfide) groups is 2. The monoisotopic (exact) mass is 723 g/mol. The second kappa shape index (κ2) is 22.6. The van der Waals surface area contributed by atoms with Crippen molar-refractivity contribution in [2.24, 2.45) is 10.7 Å². The third kappa shape index (κ3) is 14.0. The van der Waals surface area contributed by atoms with Crippen LogP contribution >= 0.6 is 23.5 Å². The highest BCUT2D eigenvalue weighted by Crippen LogP contribution is 2.35. The molecule has 15 heteroatoms. The lowest BCUT2D eigenvalue weighted by molar-refractivity contribution is 0.00779. The first-order valence-corrected chi connectivity index (χ1v) is 19.9. The molecule has 0 aromatic heterocycles. The van der Waals surface area contributed by atoms with Crippen molar-refractivity contribution in [2.45, 2.75) is 9.79 Å². The van der Waals surface area contributed by atoms with Crippen LogP contribution in [0.5, 0.6) is 0 Å². The summed E-state index contributed by atoms with van der Waals surface area (Å²) < 4.78 is 36.1. The van der Waals surface area contributed by atoms with Gasteiger partial charge in [0.1, 0.15) is 5.84 Å². The van der Waals surface area contributed by atoms with Gasteiger partial charge >= 0.3 is 0 Å². The summed E-state index contributed by atoms with van der Waals surface area (Å²) in [6.45, 7) is 18.6. The van der Waals surface area contributed by atoms with Crippen molar-refractivity contribution in [2.75, 3.05) is 169 Å². The molecule has 0 unspecified atom stereocenters. The largest absolute Gasteiger partial charge is 0.383 e. The van der Waals surface area contributed by atoms with Crippen molar-refractivity contribution in [3.05, 3.63) is 23.3 Å². The SMILES string of the molecule is N=C1N=C(N)c2cc3c(cc21)SCCN1CCOCCN(CCOCCOCCN2CCOCCN(CCOCC2)CCS3)CCOCC1. The van der Waals surface area contributed by atoms with E-state index in [4.69, 9.17) is 39.6 Å². The zero-order valence-corrected chi connectivity index (χ0v) is 30.8. The Morgan fingerprint density at radius 3 is 1.14 bits per heavy atom. The number of aliphatic imine (C=N–C) groups is 1. The summed E-state index contributed by atoms with van der Waals surface area (Å²) in [5.41, 5.74) is 7.91. The van der Waals surface area contributed by atoms with Crippen molar-refractivity contribution in [1.29, 1.82) is 5.41 Å². The molecule has 3 N–H and O–H groups in total. The van der Waals surface area contributed by atoms with Gasteiger partial charge in [-0.3, -0.25) is 25.0 Å². The minimum Gasteiger partial charge on any atom is -0.383 e. The van der Waals surface area contributed by atoms with Gasteiger partial charge in [-0.25, -0.2) is 4.99 Å². The highest BCUT2D eigenvalue weighted by molar-refractivity contribution is 8.02. The number of ether oxygens (including phenoxy) is 6. The van der Waals surface area contributed by atoms with Gasteiger partial charge in [0.2, 0.25) is 0 Å². The van der Waals surface area contributed by atoms with Crippen LogP contribution in [0.1, 0.15) is 11.1 Å². The first-order valence-electron chi connectivity index (χ1n) is 17.9. The molecule has 7 aliphatic heterocycles. The van der Waals surface area contributed by atoms with Gasteiger partial charge in [-0.15, -0.1) is 23.5 Å². The van der Waals surface area contributed by atoms with Crippen molar-refractivity contribution in [3.63, 3.8) is 0 Å². The molecule has 13 nitrogen and oxygen atoms in total. The maximum Gasteiger partial charge on any atom is 0.154 e. The fourth-order valence-corrected chi connectivity index (χ4v) is 8.31. The van der Waals surface area contributed by atoms with Crippen molar-refractivity contribution in [1.82, 2.24) is 19.6 Å². The maximum atomic E-state index is 8.38. The van der Waals surface area contributed by atoms with E-state index >= 15 is 0 Å². The van der Waals surface area contributed by atoms with E-state index in [-0.39, 0.29) is 5.84 Å². The molecule has 1 aromatic rings. The number of hydrogen-bond acceptors (Lipinski definition) is 14. The number of nitrogens with zero attached hydrogens (tertiary/aromatic N) is 5. The molecular formula is C34H57N7O6S2. The number of nitrogens with two attached hydrogens (primary N) is 1. The Morgan fingerprint density at radius 1 is 0.469 bits per heavy atom. The van der Waals surface area contributed by atoms with Gasteiger partial charge in [0.05, 0.1) is 79.3 Å². The zero-order chi connectivity index (χ0) is 33.9. The van der Waals surface area contributed by atoms with E-state index in [2.05, 4.69) is 36.7 Å². The van der Waals surface area contributed by atoms with E-state index in [0.29, 0.717) is 85.1 Å². The molecule has 0 saturated carbocycles. The molecule has 0 radical (unpaired) electrons. The molecular weight excluding hydrogens is 667 g/mol. The second-order valence-electron chi connectivity index (χ2n) is 12.4. The number of fused-ring (bicyclic) bond motifs is 1. The van der Waals surface area contributed by atoms with Crippen LogP contribution in [0.15, 0.2) is 26.9 Å². The van der Waals surface area contributed by atoms with Gasteiger partial charge in [-0.1, -0.05) is 0 Å². The molecule has 2 fully saturated rings. The van der Waals surface area contributed by atoms with E-state index in [9.17, 15) is 0 Å². The first kappa shape index (κ1) is 38.9. The van der Waals surface area contributed by atoms with E-state index in [1.807, 2.05) is 23.5 Å². The standard InChI is InChI=1S/C34H57N7O6S2/c35-33-29-27-31-32(28-30(29)34(36)37-33)49-26-12-41-9-19-44-15-3-39(4-16-45-20-10-41)6-22-47-24-23-46-21-5-38-1-13-42-17-7-40(11-25-48-31)8-18-43-14-2-38/h27-28H,1-26H2,(H3,35,36,37). The van der Waals surface area contributed by atoms with Crippen molar-refractivity contribution >= 4 is 35.2 Å². The smallest absolute Gasteiger partial charge is 0.154 e. The Balaban J connectivity index is 1.23. The summed E-state index contributed by atoms with van der Waals surface area (Å²) in [5.74, 6) is 2.53. The predicted octanol–water partition coefficient (Wildman–Crippen LogP) is 1.26. The van der Waals surface area contributed by atoms with Gasteiger partial charge in [0.15, 0.2) is 5.84 Å². The van der Waals surface area contributed by atoms with Gasteiger partial charge in [-0.05, 0) is 12.1 Å². The molecule has 8 rings (SSSR count).